The fourth-order valence-electron chi connectivity index (χ4n) is 1.60. The minimum absolute atomic E-state index is 0.0553. The minimum atomic E-state index is 0.0553. The lowest BCUT2D eigenvalue weighted by Crippen LogP contribution is -2.17. The molecule has 94 valence electrons. The standard InChI is InChI=1S/C13H21N3O/c1-10-9-11(14)6-7-12(10)15-13(17)5-4-8-16(2)3/h6-7,9H,4-5,8,14H2,1-3H3,(H,15,17). The third-order valence-corrected chi connectivity index (χ3v) is 2.53. The molecule has 0 spiro atoms. The first-order valence-electron chi connectivity index (χ1n) is 5.80. The molecule has 0 radical (unpaired) electrons. The number of hydrogen-bond donors (Lipinski definition) is 2. The van der Waals surface area contributed by atoms with Crippen molar-refractivity contribution in [2.24, 2.45) is 0 Å². The quantitative estimate of drug-likeness (QED) is 0.766. The van der Waals surface area contributed by atoms with E-state index in [1.807, 2.05) is 33.2 Å². The van der Waals surface area contributed by atoms with Gasteiger partial charge in [-0.3, -0.25) is 4.79 Å². The highest BCUT2D eigenvalue weighted by Gasteiger charge is 2.05. The first kappa shape index (κ1) is 13.5. The average Bonchev–Trinajstić information content (AvgIpc) is 2.21. The monoisotopic (exact) mass is 235 g/mol. The van der Waals surface area contributed by atoms with Crippen LogP contribution in [0.3, 0.4) is 0 Å². The normalized spacial score (nSPS) is 10.6. The SMILES string of the molecule is Cc1cc(N)ccc1NC(=O)CCCN(C)C. The molecular weight excluding hydrogens is 214 g/mol. The van der Waals surface area contributed by atoms with E-state index < -0.39 is 0 Å². The van der Waals surface area contributed by atoms with E-state index in [0.717, 1.165) is 24.2 Å². The zero-order valence-corrected chi connectivity index (χ0v) is 10.8. The van der Waals surface area contributed by atoms with Crippen LogP contribution in [0.1, 0.15) is 18.4 Å². The number of anilines is 2. The van der Waals surface area contributed by atoms with E-state index in [0.29, 0.717) is 12.1 Å². The van der Waals surface area contributed by atoms with Gasteiger partial charge in [0.05, 0.1) is 0 Å². The van der Waals surface area contributed by atoms with Crippen molar-refractivity contribution in [1.29, 1.82) is 0 Å². The molecule has 0 aliphatic rings. The van der Waals surface area contributed by atoms with Gasteiger partial charge in [0, 0.05) is 17.8 Å². The van der Waals surface area contributed by atoms with Gasteiger partial charge in [0.2, 0.25) is 5.91 Å². The Kier molecular flexibility index (Phi) is 4.97. The molecule has 0 atom stereocenters. The van der Waals surface area contributed by atoms with E-state index in [2.05, 4.69) is 10.2 Å². The van der Waals surface area contributed by atoms with Gasteiger partial charge in [0.1, 0.15) is 0 Å². The Morgan fingerprint density at radius 3 is 2.71 bits per heavy atom. The largest absolute Gasteiger partial charge is 0.399 e. The number of hydrogen-bond acceptors (Lipinski definition) is 3. The molecule has 0 unspecified atom stereocenters. The summed E-state index contributed by atoms with van der Waals surface area (Å²) in [5.74, 6) is 0.0553. The minimum Gasteiger partial charge on any atom is -0.399 e. The van der Waals surface area contributed by atoms with Crippen LogP contribution in [0.5, 0.6) is 0 Å². The van der Waals surface area contributed by atoms with Crippen LogP contribution >= 0.6 is 0 Å². The molecular formula is C13H21N3O. The molecule has 0 heterocycles. The summed E-state index contributed by atoms with van der Waals surface area (Å²) in [4.78, 5) is 13.7. The number of carbonyl (C=O) groups excluding carboxylic acids is 1. The number of benzene rings is 1. The molecule has 0 saturated heterocycles. The molecule has 1 aromatic carbocycles. The highest BCUT2D eigenvalue weighted by atomic mass is 16.1. The molecule has 1 amide bonds. The highest BCUT2D eigenvalue weighted by Crippen LogP contribution is 2.17. The number of amides is 1. The van der Waals surface area contributed by atoms with Crippen molar-refractivity contribution in [2.45, 2.75) is 19.8 Å². The molecule has 3 N–H and O–H groups in total. The van der Waals surface area contributed by atoms with Gasteiger partial charge in [0.15, 0.2) is 0 Å². The predicted molar refractivity (Wildman–Crippen MR) is 72.0 cm³/mol. The zero-order valence-electron chi connectivity index (χ0n) is 10.8. The number of rotatable bonds is 5. The first-order valence-corrected chi connectivity index (χ1v) is 5.80. The Morgan fingerprint density at radius 2 is 2.12 bits per heavy atom. The van der Waals surface area contributed by atoms with Crippen LogP contribution in [-0.4, -0.2) is 31.4 Å². The topological polar surface area (TPSA) is 58.4 Å². The molecule has 0 aromatic heterocycles. The number of aryl methyl sites for hydroxylation is 1. The van der Waals surface area contributed by atoms with Crippen molar-refractivity contribution < 1.29 is 4.79 Å². The van der Waals surface area contributed by atoms with Crippen molar-refractivity contribution in [3.8, 4) is 0 Å². The van der Waals surface area contributed by atoms with Crippen LogP contribution in [0.15, 0.2) is 18.2 Å². The Labute approximate surface area is 103 Å². The molecule has 0 bridgehead atoms. The number of nitrogens with two attached hydrogens (primary N) is 1. The Morgan fingerprint density at radius 1 is 1.41 bits per heavy atom. The van der Waals surface area contributed by atoms with E-state index in [9.17, 15) is 4.79 Å². The van der Waals surface area contributed by atoms with Gasteiger partial charge in [-0.15, -0.1) is 0 Å². The van der Waals surface area contributed by atoms with Crippen LogP contribution in [0.4, 0.5) is 11.4 Å². The maximum atomic E-state index is 11.7. The number of nitrogens with one attached hydrogen (secondary N) is 1. The summed E-state index contributed by atoms with van der Waals surface area (Å²) in [7, 11) is 4.00. The molecule has 1 rings (SSSR count). The van der Waals surface area contributed by atoms with Crippen molar-refractivity contribution in [1.82, 2.24) is 4.90 Å². The number of nitrogen functional groups attached to an aromatic ring is 1. The number of nitrogens with zero attached hydrogens (tertiary/aromatic N) is 1. The van der Waals surface area contributed by atoms with E-state index in [1.165, 1.54) is 0 Å². The lowest BCUT2D eigenvalue weighted by atomic mass is 10.1. The average molecular weight is 235 g/mol. The van der Waals surface area contributed by atoms with Gasteiger partial charge in [-0.1, -0.05) is 0 Å². The Hall–Kier alpha value is -1.55. The second kappa shape index (κ2) is 6.25. The number of carbonyl (C=O) groups is 1. The molecule has 1 aromatic rings. The fourth-order valence-corrected chi connectivity index (χ4v) is 1.60. The van der Waals surface area contributed by atoms with Crippen LogP contribution in [-0.2, 0) is 4.79 Å². The summed E-state index contributed by atoms with van der Waals surface area (Å²) < 4.78 is 0. The fraction of sp³-hybridized carbons (Fsp3) is 0.462. The third-order valence-electron chi connectivity index (χ3n) is 2.53. The predicted octanol–water partition coefficient (Wildman–Crippen LogP) is 1.86. The summed E-state index contributed by atoms with van der Waals surface area (Å²) in [6.07, 6.45) is 1.41. The molecule has 0 aliphatic heterocycles. The van der Waals surface area contributed by atoms with E-state index in [-0.39, 0.29) is 5.91 Å². The smallest absolute Gasteiger partial charge is 0.224 e. The molecule has 4 heteroatoms. The second-order valence-electron chi connectivity index (χ2n) is 4.53. The van der Waals surface area contributed by atoms with Crippen LogP contribution in [0.25, 0.3) is 0 Å². The zero-order chi connectivity index (χ0) is 12.8. The van der Waals surface area contributed by atoms with Gasteiger partial charge < -0.3 is 16.0 Å². The Bertz CT molecular complexity index is 388. The van der Waals surface area contributed by atoms with Gasteiger partial charge in [-0.05, 0) is 57.7 Å². The molecule has 17 heavy (non-hydrogen) atoms. The summed E-state index contributed by atoms with van der Waals surface area (Å²) in [5.41, 5.74) is 8.20. The van der Waals surface area contributed by atoms with Crippen LogP contribution in [0, 0.1) is 6.92 Å². The van der Waals surface area contributed by atoms with E-state index in [1.54, 1.807) is 6.07 Å². The van der Waals surface area contributed by atoms with E-state index >= 15 is 0 Å². The van der Waals surface area contributed by atoms with Crippen LogP contribution in [0.2, 0.25) is 0 Å². The van der Waals surface area contributed by atoms with Gasteiger partial charge >= 0.3 is 0 Å². The first-order chi connectivity index (χ1) is 7.99. The molecule has 0 aliphatic carbocycles. The van der Waals surface area contributed by atoms with Crippen molar-refractivity contribution in [2.75, 3.05) is 31.7 Å². The summed E-state index contributed by atoms with van der Waals surface area (Å²) in [6, 6.07) is 5.49. The van der Waals surface area contributed by atoms with Gasteiger partial charge in [-0.25, -0.2) is 0 Å². The molecule has 0 saturated carbocycles. The highest BCUT2D eigenvalue weighted by molar-refractivity contribution is 5.91. The second-order valence-corrected chi connectivity index (χ2v) is 4.53. The van der Waals surface area contributed by atoms with Gasteiger partial charge in [0.25, 0.3) is 0 Å². The van der Waals surface area contributed by atoms with Crippen LogP contribution < -0.4 is 11.1 Å². The maximum absolute atomic E-state index is 11.7. The van der Waals surface area contributed by atoms with Gasteiger partial charge in [-0.2, -0.15) is 0 Å². The lowest BCUT2D eigenvalue weighted by molar-refractivity contribution is -0.116. The molecule has 0 fully saturated rings. The van der Waals surface area contributed by atoms with Crippen molar-refractivity contribution in [3.05, 3.63) is 23.8 Å². The molecule has 4 nitrogen and oxygen atoms in total. The van der Waals surface area contributed by atoms with E-state index in [4.69, 9.17) is 5.73 Å². The summed E-state index contributed by atoms with van der Waals surface area (Å²) in [5, 5.41) is 2.90. The summed E-state index contributed by atoms with van der Waals surface area (Å²) in [6.45, 7) is 2.86. The summed E-state index contributed by atoms with van der Waals surface area (Å²) >= 11 is 0. The Balaban J connectivity index is 2.45. The maximum Gasteiger partial charge on any atom is 0.224 e. The van der Waals surface area contributed by atoms with Crippen molar-refractivity contribution in [3.63, 3.8) is 0 Å². The lowest BCUT2D eigenvalue weighted by Gasteiger charge is -2.11. The van der Waals surface area contributed by atoms with Crippen molar-refractivity contribution >= 4 is 17.3 Å². The third kappa shape index (κ3) is 4.87.